The maximum absolute atomic E-state index is 12.8. The van der Waals surface area contributed by atoms with Gasteiger partial charge in [0.05, 0.1) is 26.7 Å². The molecule has 1 fully saturated rings. The van der Waals surface area contributed by atoms with Gasteiger partial charge in [-0.15, -0.1) is 11.3 Å². The van der Waals surface area contributed by atoms with Crippen molar-refractivity contribution in [3.05, 3.63) is 58.6 Å². The highest BCUT2D eigenvalue weighted by molar-refractivity contribution is 7.89. The summed E-state index contributed by atoms with van der Waals surface area (Å²) in [6.45, 7) is 1.02. The Morgan fingerprint density at radius 3 is 2.75 bits per heavy atom. The minimum Gasteiger partial charge on any atom is -0.341 e. The zero-order chi connectivity index (χ0) is 22.1. The quantitative estimate of drug-likeness (QED) is 0.615. The van der Waals surface area contributed by atoms with Gasteiger partial charge in [-0.2, -0.15) is 0 Å². The molecule has 1 amide bonds. The lowest BCUT2D eigenvalue weighted by molar-refractivity contribution is -0.131. The number of benzene rings is 2. The van der Waals surface area contributed by atoms with Crippen molar-refractivity contribution in [2.24, 2.45) is 0 Å². The molecule has 1 atom stereocenters. The first-order chi connectivity index (χ1) is 15.5. The molecule has 6 nitrogen and oxygen atoms in total. The van der Waals surface area contributed by atoms with E-state index in [9.17, 15) is 13.2 Å². The monoisotopic (exact) mass is 469 g/mol. The second-order valence-electron chi connectivity index (χ2n) is 8.66. The highest BCUT2D eigenvalue weighted by atomic mass is 32.2. The van der Waals surface area contributed by atoms with Gasteiger partial charge in [-0.05, 0) is 73.9 Å². The van der Waals surface area contributed by atoms with Gasteiger partial charge in [0, 0.05) is 19.0 Å². The Kier molecular flexibility index (Phi) is 6.01. The fourth-order valence-electron chi connectivity index (χ4n) is 4.70. The van der Waals surface area contributed by atoms with Crippen molar-refractivity contribution in [2.75, 3.05) is 19.6 Å². The number of para-hydroxylation sites is 1. The summed E-state index contributed by atoms with van der Waals surface area (Å²) in [5.74, 6) is 0.0136. The standard InChI is InChI=1S/C24H27N3O3S2/c28-23(15-25-32(29,30)20-12-11-17-6-1-2-7-18(17)14-20)27-13-5-8-19(16-27)24-26-21-9-3-4-10-22(21)31-24/h3-4,9-12,14,19,25H,1-2,5-8,13,15-16H2. The summed E-state index contributed by atoms with van der Waals surface area (Å²) in [6.07, 6.45) is 6.05. The molecule has 168 valence electrons. The molecule has 5 rings (SSSR count). The SMILES string of the molecule is O=C(CNS(=O)(=O)c1ccc2c(c1)CCCC2)N1CCCC(c2nc3ccccc3s2)C1. The highest BCUT2D eigenvalue weighted by Gasteiger charge is 2.28. The summed E-state index contributed by atoms with van der Waals surface area (Å²) in [7, 11) is -3.72. The molecule has 2 aromatic carbocycles. The Morgan fingerprint density at radius 1 is 1.09 bits per heavy atom. The van der Waals surface area contributed by atoms with Crippen LogP contribution in [0.3, 0.4) is 0 Å². The molecular weight excluding hydrogens is 442 g/mol. The number of nitrogens with zero attached hydrogens (tertiary/aromatic N) is 2. The number of piperidine rings is 1. The number of hydrogen-bond acceptors (Lipinski definition) is 5. The van der Waals surface area contributed by atoms with Gasteiger partial charge < -0.3 is 4.90 Å². The number of amides is 1. The number of likely N-dealkylation sites (tertiary alicyclic amines) is 1. The summed E-state index contributed by atoms with van der Waals surface area (Å²) in [5.41, 5.74) is 3.34. The van der Waals surface area contributed by atoms with Crippen LogP contribution in [0.25, 0.3) is 10.2 Å². The molecule has 8 heteroatoms. The molecule has 0 spiro atoms. The van der Waals surface area contributed by atoms with Crippen LogP contribution in [0.4, 0.5) is 0 Å². The molecule has 1 saturated heterocycles. The third-order valence-corrected chi connectivity index (χ3v) is 9.08. The van der Waals surface area contributed by atoms with Crippen LogP contribution in [0.5, 0.6) is 0 Å². The summed E-state index contributed by atoms with van der Waals surface area (Å²) in [6, 6.07) is 13.4. The lowest BCUT2D eigenvalue weighted by Crippen LogP contribution is -2.44. The van der Waals surface area contributed by atoms with Gasteiger partial charge in [0.25, 0.3) is 0 Å². The Bertz CT molecular complexity index is 1220. The van der Waals surface area contributed by atoms with Gasteiger partial charge in [0.1, 0.15) is 0 Å². The van der Waals surface area contributed by atoms with Crippen LogP contribution in [-0.4, -0.2) is 43.8 Å². The van der Waals surface area contributed by atoms with Crippen molar-refractivity contribution >= 4 is 37.5 Å². The van der Waals surface area contributed by atoms with E-state index in [2.05, 4.69) is 10.8 Å². The van der Waals surface area contributed by atoms with Crippen molar-refractivity contribution in [2.45, 2.75) is 49.3 Å². The van der Waals surface area contributed by atoms with E-state index in [0.29, 0.717) is 13.1 Å². The van der Waals surface area contributed by atoms with E-state index in [-0.39, 0.29) is 23.3 Å². The second kappa shape index (κ2) is 8.92. The van der Waals surface area contributed by atoms with E-state index in [1.165, 1.54) is 5.56 Å². The van der Waals surface area contributed by atoms with E-state index in [4.69, 9.17) is 4.98 Å². The fraction of sp³-hybridized carbons (Fsp3) is 0.417. The number of fused-ring (bicyclic) bond motifs is 2. The Hall–Kier alpha value is -2.29. The number of hydrogen-bond donors (Lipinski definition) is 1. The number of carbonyl (C=O) groups excluding carboxylic acids is 1. The third-order valence-electron chi connectivity index (χ3n) is 6.48. The first kappa shape index (κ1) is 21.6. The zero-order valence-corrected chi connectivity index (χ0v) is 19.6. The van der Waals surface area contributed by atoms with Crippen molar-refractivity contribution in [1.29, 1.82) is 0 Å². The summed E-state index contributed by atoms with van der Waals surface area (Å²) in [5, 5.41) is 1.05. The van der Waals surface area contributed by atoms with Crippen molar-refractivity contribution < 1.29 is 13.2 Å². The number of aryl methyl sites for hydroxylation is 2. The normalized spacial score (nSPS) is 19.1. The minimum atomic E-state index is -3.72. The summed E-state index contributed by atoms with van der Waals surface area (Å²) < 4.78 is 29.3. The predicted molar refractivity (Wildman–Crippen MR) is 126 cm³/mol. The lowest BCUT2D eigenvalue weighted by Gasteiger charge is -2.32. The molecule has 1 aliphatic carbocycles. The zero-order valence-electron chi connectivity index (χ0n) is 17.9. The van der Waals surface area contributed by atoms with Gasteiger partial charge >= 0.3 is 0 Å². The molecule has 32 heavy (non-hydrogen) atoms. The Labute approximate surface area is 192 Å². The third kappa shape index (κ3) is 4.44. The van der Waals surface area contributed by atoms with Crippen LogP contribution < -0.4 is 4.72 Å². The van der Waals surface area contributed by atoms with Crippen LogP contribution in [0.2, 0.25) is 0 Å². The van der Waals surface area contributed by atoms with Crippen LogP contribution in [0.15, 0.2) is 47.4 Å². The first-order valence-corrected chi connectivity index (χ1v) is 13.5. The van der Waals surface area contributed by atoms with Crippen molar-refractivity contribution in [3.63, 3.8) is 0 Å². The number of sulfonamides is 1. The molecule has 2 heterocycles. The first-order valence-electron chi connectivity index (χ1n) is 11.2. The molecule has 0 bridgehead atoms. The molecule has 3 aromatic rings. The van der Waals surface area contributed by atoms with Gasteiger partial charge in [-0.25, -0.2) is 18.1 Å². The topological polar surface area (TPSA) is 79.4 Å². The Balaban J connectivity index is 1.23. The van der Waals surface area contributed by atoms with E-state index < -0.39 is 10.0 Å². The average molecular weight is 470 g/mol. The molecular formula is C24H27N3O3S2. The number of carbonyl (C=O) groups is 1. The van der Waals surface area contributed by atoms with Gasteiger partial charge in [-0.3, -0.25) is 4.79 Å². The number of aromatic nitrogens is 1. The maximum atomic E-state index is 12.8. The number of nitrogens with one attached hydrogen (secondary N) is 1. The summed E-state index contributed by atoms with van der Waals surface area (Å²) >= 11 is 1.68. The maximum Gasteiger partial charge on any atom is 0.241 e. The van der Waals surface area contributed by atoms with Gasteiger partial charge in [0.2, 0.25) is 15.9 Å². The molecule has 2 aliphatic rings. The number of thiazole rings is 1. The molecule has 1 unspecified atom stereocenters. The highest BCUT2D eigenvalue weighted by Crippen LogP contribution is 2.33. The fourth-order valence-corrected chi connectivity index (χ4v) is 6.82. The van der Waals surface area contributed by atoms with E-state index >= 15 is 0 Å². The molecule has 1 aliphatic heterocycles. The van der Waals surface area contributed by atoms with Crippen LogP contribution in [-0.2, 0) is 27.7 Å². The smallest absolute Gasteiger partial charge is 0.241 e. The van der Waals surface area contributed by atoms with E-state index in [0.717, 1.165) is 59.3 Å². The summed E-state index contributed by atoms with van der Waals surface area (Å²) in [4.78, 5) is 19.6. The lowest BCUT2D eigenvalue weighted by atomic mass is 9.92. The van der Waals surface area contributed by atoms with Crippen LogP contribution >= 0.6 is 11.3 Å². The number of rotatable bonds is 5. The van der Waals surface area contributed by atoms with E-state index in [1.807, 2.05) is 24.3 Å². The van der Waals surface area contributed by atoms with Gasteiger partial charge in [0.15, 0.2) is 0 Å². The van der Waals surface area contributed by atoms with Crippen molar-refractivity contribution in [1.82, 2.24) is 14.6 Å². The van der Waals surface area contributed by atoms with E-state index in [1.54, 1.807) is 28.4 Å². The minimum absolute atomic E-state index is 0.183. The van der Waals surface area contributed by atoms with Crippen LogP contribution in [0.1, 0.15) is 47.7 Å². The average Bonchev–Trinajstić information content (AvgIpc) is 3.27. The molecule has 1 N–H and O–H groups in total. The second-order valence-corrected chi connectivity index (χ2v) is 11.5. The predicted octanol–water partition coefficient (Wildman–Crippen LogP) is 3.86. The molecule has 0 radical (unpaired) electrons. The van der Waals surface area contributed by atoms with Crippen molar-refractivity contribution in [3.8, 4) is 0 Å². The van der Waals surface area contributed by atoms with Crippen LogP contribution in [0, 0.1) is 0 Å². The largest absolute Gasteiger partial charge is 0.341 e. The molecule has 1 aromatic heterocycles. The van der Waals surface area contributed by atoms with Gasteiger partial charge in [-0.1, -0.05) is 18.2 Å². The Morgan fingerprint density at radius 2 is 1.91 bits per heavy atom. The molecule has 0 saturated carbocycles.